The number of nitrogens with two attached hydrogens (primary N) is 1. The second-order valence-corrected chi connectivity index (χ2v) is 4.68. The Hall–Kier alpha value is -1.37. The summed E-state index contributed by atoms with van der Waals surface area (Å²) in [5.74, 6) is -1.04. The fourth-order valence-corrected chi connectivity index (χ4v) is 1.61. The predicted octanol–water partition coefficient (Wildman–Crippen LogP) is 2.99. The van der Waals surface area contributed by atoms with Gasteiger partial charge in [-0.25, -0.2) is 4.79 Å². The molecule has 0 bridgehead atoms. The molecule has 0 saturated heterocycles. The first kappa shape index (κ1) is 14.7. The number of nitrogen functional groups attached to an aromatic ring is 1. The number of carbonyl (C=O) groups excluding carboxylic acids is 1. The van der Waals surface area contributed by atoms with Crippen molar-refractivity contribution >= 4 is 23.4 Å². The largest absolute Gasteiger partial charge is 0.461 e. The van der Waals surface area contributed by atoms with Crippen molar-refractivity contribution in [1.82, 2.24) is 0 Å². The molecule has 100 valence electrons. The first-order chi connectivity index (χ1) is 8.29. The number of hydrogen-bond acceptors (Lipinski definition) is 4. The Morgan fingerprint density at radius 1 is 1.44 bits per heavy atom. The van der Waals surface area contributed by atoms with Crippen LogP contribution in [-0.2, 0) is 4.74 Å². The fraction of sp³-hybridized carbons (Fsp3) is 0.364. The maximum absolute atomic E-state index is 11.8. The van der Waals surface area contributed by atoms with Crippen molar-refractivity contribution in [2.75, 3.05) is 18.1 Å². The van der Waals surface area contributed by atoms with Crippen molar-refractivity contribution < 1.29 is 22.7 Å². The summed E-state index contributed by atoms with van der Waals surface area (Å²) in [5, 5.41) is 0. The molecule has 1 rings (SSSR count). The molecule has 0 heterocycles. The van der Waals surface area contributed by atoms with Gasteiger partial charge in [-0.15, -0.1) is 0 Å². The van der Waals surface area contributed by atoms with Gasteiger partial charge in [-0.2, -0.15) is 13.2 Å². The van der Waals surface area contributed by atoms with Gasteiger partial charge in [-0.1, -0.05) is 11.6 Å². The van der Waals surface area contributed by atoms with Crippen LogP contribution in [0.25, 0.3) is 0 Å². The van der Waals surface area contributed by atoms with E-state index in [4.69, 9.17) is 10.5 Å². The number of carbonyl (C=O) groups is 1. The number of rotatable bonds is 4. The summed E-state index contributed by atoms with van der Waals surface area (Å²) in [4.78, 5) is 11.5. The van der Waals surface area contributed by atoms with Gasteiger partial charge in [-0.05, 0) is 30.8 Å². The molecule has 0 aliphatic rings. The Morgan fingerprint density at radius 3 is 2.72 bits per heavy atom. The van der Waals surface area contributed by atoms with Gasteiger partial charge in [-0.3, -0.25) is 0 Å². The molecule has 0 unspecified atom stereocenters. The molecule has 3 nitrogen and oxygen atoms in total. The van der Waals surface area contributed by atoms with Crippen molar-refractivity contribution in [3.8, 4) is 0 Å². The molecule has 1 aromatic rings. The molecule has 1 aromatic carbocycles. The first-order valence-corrected chi connectivity index (χ1v) is 6.02. The lowest BCUT2D eigenvalue weighted by Crippen LogP contribution is -2.12. The molecule has 0 amide bonds. The number of aryl methyl sites for hydroxylation is 1. The molecule has 0 aromatic heterocycles. The number of esters is 1. The average Bonchev–Trinajstić information content (AvgIpc) is 2.26. The summed E-state index contributed by atoms with van der Waals surface area (Å²) in [7, 11) is 0. The third kappa shape index (κ3) is 4.87. The van der Waals surface area contributed by atoms with Crippen molar-refractivity contribution in [3.63, 3.8) is 0 Å². The number of anilines is 1. The highest BCUT2D eigenvalue weighted by atomic mass is 32.2. The van der Waals surface area contributed by atoms with Crippen LogP contribution < -0.4 is 5.73 Å². The Balaban J connectivity index is 2.48. The summed E-state index contributed by atoms with van der Waals surface area (Å²) in [6, 6.07) is 4.82. The van der Waals surface area contributed by atoms with Crippen molar-refractivity contribution in [2.24, 2.45) is 0 Å². The van der Waals surface area contributed by atoms with Crippen molar-refractivity contribution in [2.45, 2.75) is 12.4 Å². The van der Waals surface area contributed by atoms with Gasteiger partial charge in [0.25, 0.3) is 0 Å². The van der Waals surface area contributed by atoms with Gasteiger partial charge in [0.15, 0.2) is 0 Å². The lowest BCUT2D eigenvalue weighted by molar-refractivity contribution is -0.0331. The van der Waals surface area contributed by atoms with Crippen LogP contribution >= 0.6 is 11.8 Å². The van der Waals surface area contributed by atoms with E-state index in [1.165, 1.54) is 6.07 Å². The zero-order valence-electron chi connectivity index (χ0n) is 9.58. The Labute approximate surface area is 106 Å². The SMILES string of the molecule is Cc1ccc(N)c(C(=O)OCCSC(F)(F)F)c1. The summed E-state index contributed by atoms with van der Waals surface area (Å²) < 4.78 is 40.2. The van der Waals surface area contributed by atoms with Crippen LogP contribution in [0.5, 0.6) is 0 Å². The molecule has 0 atom stereocenters. The summed E-state index contributed by atoms with van der Waals surface area (Å²) in [6.07, 6.45) is 0. The quantitative estimate of drug-likeness (QED) is 0.523. The van der Waals surface area contributed by atoms with Crippen molar-refractivity contribution in [1.29, 1.82) is 0 Å². The molecule has 0 radical (unpaired) electrons. The summed E-state index contributed by atoms with van der Waals surface area (Å²) in [6.45, 7) is 1.46. The summed E-state index contributed by atoms with van der Waals surface area (Å²) >= 11 is -0.230. The predicted molar refractivity (Wildman–Crippen MR) is 64.4 cm³/mol. The maximum atomic E-state index is 11.8. The molecule has 0 spiro atoms. The average molecular weight is 279 g/mol. The minimum absolute atomic E-state index is 0.173. The van der Waals surface area contributed by atoms with E-state index in [2.05, 4.69) is 0 Å². The molecular formula is C11H12F3NO2S. The molecule has 0 aliphatic carbocycles. The Kier molecular flexibility index (Phi) is 4.89. The van der Waals surface area contributed by atoms with Crippen LogP contribution in [0.2, 0.25) is 0 Å². The minimum atomic E-state index is -4.31. The maximum Gasteiger partial charge on any atom is 0.441 e. The molecular weight excluding hydrogens is 267 g/mol. The lowest BCUT2D eigenvalue weighted by atomic mass is 10.1. The third-order valence-corrected chi connectivity index (χ3v) is 2.71. The van der Waals surface area contributed by atoms with E-state index < -0.39 is 11.5 Å². The van der Waals surface area contributed by atoms with Crippen LogP contribution in [0.4, 0.5) is 18.9 Å². The smallest absolute Gasteiger partial charge is 0.441 e. The molecule has 18 heavy (non-hydrogen) atoms. The highest BCUT2D eigenvalue weighted by Crippen LogP contribution is 2.29. The molecule has 0 aliphatic heterocycles. The normalized spacial score (nSPS) is 11.3. The second-order valence-electron chi connectivity index (χ2n) is 3.52. The number of alkyl halides is 3. The van der Waals surface area contributed by atoms with E-state index in [9.17, 15) is 18.0 Å². The van der Waals surface area contributed by atoms with E-state index in [0.717, 1.165) is 5.56 Å². The highest BCUT2D eigenvalue weighted by Gasteiger charge is 2.27. The molecule has 7 heteroatoms. The van der Waals surface area contributed by atoms with Crippen LogP contribution in [0.15, 0.2) is 18.2 Å². The van der Waals surface area contributed by atoms with E-state index in [1.54, 1.807) is 19.1 Å². The van der Waals surface area contributed by atoms with E-state index in [-0.39, 0.29) is 35.4 Å². The van der Waals surface area contributed by atoms with E-state index >= 15 is 0 Å². The fourth-order valence-electron chi connectivity index (χ4n) is 1.22. The molecule has 2 N–H and O–H groups in total. The van der Waals surface area contributed by atoms with Crippen LogP contribution in [0.3, 0.4) is 0 Å². The summed E-state index contributed by atoms with van der Waals surface area (Å²) in [5.41, 5.74) is 2.50. The van der Waals surface area contributed by atoms with Gasteiger partial charge in [0.05, 0.1) is 5.56 Å². The van der Waals surface area contributed by atoms with E-state index in [1.807, 2.05) is 0 Å². The van der Waals surface area contributed by atoms with Gasteiger partial charge >= 0.3 is 11.5 Å². The number of benzene rings is 1. The number of thioether (sulfide) groups is 1. The van der Waals surface area contributed by atoms with E-state index in [0.29, 0.717) is 0 Å². The highest BCUT2D eigenvalue weighted by molar-refractivity contribution is 8.00. The minimum Gasteiger partial charge on any atom is -0.461 e. The Bertz CT molecular complexity index is 435. The Morgan fingerprint density at radius 2 is 2.11 bits per heavy atom. The molecule has 0 fully saturated rings. The number of hydrogen-bond donors (Lipinski definition) is 1. The van der Waals surface area contributed by atoms with Gasteiger partial charge in [0.2, 0.25) is 0 Å². The van der Waals surface area contributed by atoms with Crippen LogP contribution in [0, 0.1) is 6.92 Å². The monoisotopic (exact) mass is 279 g/mol. The number of halogens is 3. The van der Waals surface area contributed by atoms with Crippen LogP contribution in [-0.4, -0.2) is 23.8 Å². The lowest BCUT2D eigenvalue weighted by Gasteiger charge is -2.08. The van der Waals surface area contributed by atoms with Crippen molar-refractivity contribution in [3.05, 3.63) is 29.3 Å². The zero-order valence-corrected chi connectivity index (χ0v) is 10.4. The van der Waals surface area contributed by atoms with Crippen LogP contribution in [0.1, 0.15) is 15.9 Å². The molecule has 0 saturated carbocycles. The zero-order chi connectivity index (χ0) is 13.8. The topological polar surface area (TPSA) is 52.3 Å². The van der Waals surface area contributed by atoms with Gasteiger partial charge < -0.3 is 10.5 Å². The number of ether oxygens (including phenoxy) is 1. The first-order valence-electron chi connectivity index (χ1n) is 5.03. The second kappa shape index (κ2) is 5.99. The van der Waals surface area contributed by atoms with Gasteiger partial charge in [0, 0.05) is 11.4 Å². The standard InChI is InChI=1S/C11H12F3NO2S/c1-7-2-3-9(15)8(6-7)10(16)17-4-5-18-11(12,13)14/h2-3,6H,4-5,15H2,1H3. The van der Waals surface area contributed by atoms with Gasteiger partial charge in [0.1, 0.15) is 6.61 Å². The third-order valence-electron chi connectivity index (χ3n) is 2.01.